The van der Waals surface area contributed by atoms with Crippen molar-refractivity contribution in [1.82, 2.24) is 5.16 Å². The predicted molar refractivity (Wildman–Crippen MR) is 77.2 cm³/mol. The molecule has 0 aliphatic rings. The van der Waals surface area contributed by atoms with Gasteiger partial charge in [0.1, 0.15) is 11.3 Å². The molecule has 0 fully saturated rings. The Labute approximate surface area is 129 Å². The lowest BCUT2D eigenvalue weighted by atomic mass is 10.2. The molecule has 0 saturated heterocycles. The van der Waals surface area contributed by atoms with Crippen LogP contribution in [-0.2, 0) is 0 Å². The van der Waals surface area contributed by atoms with Gasteiger partial charge in [-0.2, -0.15) is 13.2 Å². The third-order valence-electron chi connectivity index (χ3n) is 2.79. The van der Waals surface area contributed by atoms with E-state index in [1.807, 2.05) is 0 Å². The number of benzene rings is 1. The number of para-hydroxylation sites is 1. The Balaban J connectivity index is 2.18. The van der Waals surface area contributed by atoms with Crippen LogP contribution < -0.4 is 5.32 Å². The van der Waals surface area contributed by atoms with Crippen LogP contribution in [0.25, 0.3) is 0 Å². The number of anilines is 1. The number of amides is 1. The molecule has 0 spiro atoms. The van der Waals surface area contributed by atoms with E-state index >= 15 is 0 Å². The standard InChI is InChI=1S/C14H13F3N2O2S/c1-8-12(9(2)21-19-8)13(20)18-10-5-3-4-6-11(10)22-7-14(15,16)17/h3-6H,7H2,1-2H3,(H,18,20). The quantitative estimate of drug-likeness (QED) is 0.854. The third-order valence-corrected chi connectivity index (χ3v) is 3.93. The Bertz CT molecular complexity index is 663. The minimum absolute atomic E-state index is 0.288. The maximum absolute atomic E-state index is 12.3. The lowest BCUT2D eigenvalue weighted by molar-refractivity contribution is -0.105. The van der Waals surface area contributed by atoms with Crippen molar-refractivity contribution in [1.29, 1.82) is 0 Å². The average Bonchev–Trinajstić information content (AvgIpc) is 2.76. The van der Waals surface area contributed by atoms with Crippen molar-refractivity contribution in [3.8, 4) is 0 Å². The summed E-state index contributed by atoms with van der Waals surface area (Å²) in [5.41, 5.74) is 1.04. The van der Waals surface area contributed by atoms with Crippen molar-refractivity contribution in [3.05, 3.63) is 41.3 Å². The van der Waals surface area contributed by atoms with Crippen molar-refractivity contribution in [3.63, 3.8) is 0 Å². The number of rotatable bonds is 4. The highest BCUT2D eigenvalue weighted by molar-refractivity contribution is 7.99. The van der Waals surface area contributed by atoms with E-state index < -0.39 is 17.8 Å². The maximum Gasteiger partial charge on any atom is 0.398 e. The largest absolute Gasteiger partial charge is 0.398 e. The number of alkyl halides is 3. The first kappa shape index (κ1) is 16.4. The van der Waals surface area contributed by atoms with Crippen LogP contribution in [0.2, 0.25) is 0 Å². The number of carbonyl (C=O) groups excluding carboxylic acids is 1. The van der Waals surface area contributed by atoms with Gasteiger partial charge in [0.2, 0.25) is 0 Å². The fraction of sp³-hybridized carbons (Fsp3) is 0.286. The summed E-state index contributed by atoms with van der Waals surface area (Å²) in [7, 11) is 0. The smallest absolute Gasteiger partial charge is 0.361 e. The molecular weight excluding hydrogens is 317 g/mol. The molecule has 2 rings (SSSR count). The monoisotopic (exact) mass is 330 g/mol. The number of aryl methyl sites for hydroxylation is 2. The summed E-state index contributed by atoms with van der Waals surface area (Å²) in [4.78, 5) is 12.6. The lowest BCUT2D eigenvalue weighted by Crippen LogP contribution is -2.15. The van der Waals surface area contributed by atoms with E-state index in [2.05, 4.69) is 10.5 Å². The van der Waals surface area contributed by atoms with E-state index in [0.717, 1.165) is 0 Å². The van der Waals surface area contributed by atoms with Crippen LogP contribution in [0.1, 0.15) is 21.8 Å². The van der Waals surface area contributed by atoms with Gasteiger partial charge >= 0.3 is 6.18 Å². The lowest BCUT2D eigenvalue weighted by Gasteiger charge is -2.11. The average molecular weight is 330 g/mol. The highest BCUT2D eigenvalue weighted by atomic mass is 32.2. The molecule has 0 radical (unpaired) electrons. The first-order valence-corrected chi connectivity index (χ1v) is 7.29. The van der Waals surface area contributed by atoms with Gasteiger partial charge in [0, 0.05) is 4.90 Å². The van der Waals surface area contributed by atoms with Gasteiger partial charge in [-0.05, 0) is 26.0 Å². The van der Waals surface area contributed by atoms with Gasteiger partial charge in [0.15, 0.2) is 0 Å². The molecule has 0 unspecified atom stereocenters. The number of carbonyl (C=O) groups is 1. The molecule has 0 bridgehead atoms. The summed E-state index contributed by atoms with van der Waals surface area (Å²) in [6.45, 7) is 3.22. The molecule has 1 amide bonds. The van der Waals surface area contributed by atoms with E-state index in [-0.39, 0.29) is 5.56 Å². The minimum Gasteiger partial charge on any atom is -0.361 e. The van der Waals surface area contributed by atoms with E-state index in [0.29, 0.717) is 33.8 Å². The molecule has 0 atom stereocenters. The van der Waals surface area contributed by atoms with Gasteiger partial charge in [0.05, 0.1) is 17.1 Å². The van der Waals surface area contributed by atoms with E-state index in [4.69, 9.17) is 4.52 Å². The molecular formula is C14H13F3N2O2S. The van der Waals surface area contributed by atoms with Gasteiger partial charge in [-0.1, -0.05) is 17.3 Å². The molecule has 22 heavy (non-hydrogen) atoms. The number of aromatic nitrogens is 1. The molecule has 8 heteroatoms. The van der Waals surface area contributed by atoms with Crippen molar-refractivity contribution in [2.24, 2.45) is 0 Å². The van der Waals surface area contributed by atoms with Crippen LogP contribution >= 0.6 is 11.8 Å². The number of halogens is 3. The summed E-state index contributed by atoms with van der Waals surface area (Å²) < 4.78 is 41.9. The zero-order valence-electron chi connectivity index (χ0n) is 11.8. The summed E-state index contributed by atoms with van der Waals surface area (Å²) in [6.07, 6.45) is -4.27. The van der Waals surface area contributed by atoms with Crippen molar-refractivity contribution in [2.75, 3.05) is 11.1 Å². The van der Waals surface area contributed by atoms with Gasteiger partial charge in [-0.3, -0.25) is 4.79 Å². The van der Waals surface area contributed by atoms with E-state index in [9.17, 15) is 18.0 Å². The first-order valence-electron chi connectivity index (χ1n) is 6.31. The number of nitrogens with zero attached hydrogens (tertiary/aromatic N) is 1. The summed E-state index contributed by atoms with van der Waals surface area (Å²) in [5.74, 6) is -1.13. The Morgan fingerprint density at radius 2 is 2.00 bits per heavy atom. The Morgan fingerprint density at radius 1 is 1.32 bits per heavy atom. The summed E-state index contributed by atoms with van der Waals surface area (Å²) in [6, 6.07) is 6.33. The van der Waals surface area contributed by atoms with Crippen LogP contribution in [0.4, 0.5) is 18.9 Å². The van der Waals surface area contributed by atoms with Crippen LogP contribution in [-0.4, -0.2) is 23.0 Å². The molecule has 1 heterocycles. The molecule has 1 aromatic heterocycles. The van der Waals surface area contributed by atoms with Crippen molar-refractivity contribution >= 4 is 23.4 Å². The van der Waals surface area contributed by atoms with Gasteiger partial charge in [-0.15, -0.1) is 11.8 Å². The molecule has 0 aliphatic heterocycles. The predicted octanol–water partition coefficient (Wildman–Crippen LogP) is 4.20. The topological polar surface area (TPSA) is 55.1 Å². The molecule has 1 aromatic carbocycles. The first-order chi connectivity index (χ1) is 10.3. The van der Waals surface area contributed by atoms with E-state index in [1.54, 1.807) is 32.0 Å². The zero-order chi connectivity index (χ0) is 16.3. The number of thioether (sulfide) groups is 1. The molecule has 0 aliphatic carbocycles. The molecule has 2 aromatic rings. The normalized spacial score (nSPS) is 11.5. The van der Waals surface area contributed by atoms with Crippen LogP contribution in [0.15, 0.2) is 33.7 Å². The zero-order valence-corrected chi connectivity index (χ0v) is 12.6. The SMILES string of the molecule is Cc1noc(C)c1C(=O)Nc1ccccc1SCC(F)(F)F. The molecule has 1 N–H and O–H groups in total. The summed E-state index contributed by atoms with van der Waals surface area (Å²) >= 11 is 0.623. The van der Waals surface area contributed by atoms with Crippen molar-refractivity contribution in [2.45, 2.75) is 24.9 Å². The Hall–Kier alpha value is -1.96. The second-order valence-corrected chi connectivity index (χ2v) is 5.57. The molecule has 4 nitrogen and oxygen atoms in total. The number of nitrogens with one attached hydrogen (secondary N) is 1. The van der Waals surface area contributed by atoms with Gasteiger partial charge in [0.25, 0.3) is 5.91 Å². The van der Waals surface area contributed by atoms with Crippen molar-refractivity contribution < 1.29 is 22.5 Å². The second kappa shape index (κ2) is 6.43. The fourth-order valence-electron chi connectivity index (χ4n) is 1.85. The molecule has 118 valence electrons. The van der Waals surface area contributed by atoms with Crippen LogP contribution in [0.3, 0.4) is 0 Å². The maximum atomic E-state index is 12.3. The second-order valence-electron chi connectivity index (χ2n) is 4.55. The molecule has 0 saturated carbocycles. The van der Waals surface area contributed by atoms with Crippen LogP contribution in [0, 0.1) is 13.8 Å². The number of hydrogen-bond acceptors (Lipinski definition) is 4. The Morgan fingerprint density at radius 3 is 2.59 bits per heavy atom. The van der Waals surface area contributed by atoms with Gasteiger partial charge < -0.3 is 9.84 Å². The summed E-state index contributed by atoms with van der Waals surface area (Å²) in [5, 5.41) is 6.28. The Kier molecular flexibility index (Phi) is 4.80. The van der Waals surface area contributed by atoms with E-state index in [1.165, 1.54) is 6.07 Å². The number of hydrogen-bond donors (Lipinski definition) is 1. The highest BCUT2D eigenvalue weighted by Gasteiger charge is 2.28. The third kappa shape index (κ3) is 4.03. The minimum atomic E-state index is -4.27. The fourth-order valence-corrected chi connectivity index (χ4v) is 2.62. The van der Waals surface area contributed by atoms with Gasteiger partial charge in [-0.25, -0.2) is 0 Å². The highest BCUT2D eigenvalue weighted by Crippen LogP contribution is 2.32. The van der Waals surface area contributed by atoms with Crippen LogP contribution in [0.5, 0.6) is 0 Å².